The van der Waals surface area contributed by atoms with Gasteiger partial charge in [0.25, 0.3) is 0 Å². The molecule has 32 heavy (non-hydrogen) atoms. The summed E-state index contributed by atoms with van der Waals surface area (Å²) in [4.78, 5) is 24.7. The molecule has 1 aliphatic heterocycles. The molecule has 1 aromatic heterocycles. The lowest BCUT2D eigenvalue weighted by Crippen LogP contribution is -2.36. The lowest BCUT2D eigenvalue weighted by Gasteiger charge is -2.23. The number of rotatable bonds is 6. The van der Waals surface area contributed by atoms with Crippen molar-refractivity contribution in [2.45, 2.75) is 69.2 Å². The normalized spacial score (nSPS) is 17.6. The molecule has 9 nitrogen and oxygen atoms in total. The number of amides is 1. The lowest BCUT2D eigenvalue weighted by molar-refractivity contribution is -0.116. The maximum atomic E-state index is 13.3. The minimum absolute atomic E-state index is 0.0244. The Labute approximate surface area is 187 Å². The molecule has 2 aromatic rings. The van der Waals surface area contributed by atoms with E-state index in [1.165, 1.54) is 17.9 Å². The van der Waals surface area contributed by atoms with Gasteiger partial charge in [-0.25, -0.2) is 13.1 Å². The average molecular weight is 461 g/mol. The van der Waals surface area contributed by atoms with Gasteiger partial charge in [-0.05, 0) is 37.0 Å². The van der Waals surface area contributed by atoms with Gasteiger partial charge in [0.2, 0.25) is 21.8 Å². The van der Waals surface area contributed by atoms with Crippen molar-refractivity contribution in [1.82, 2.24) is 14.5 Å². The Hall–Kier alpha value is -2.72. The smallest absolute Gasteiger partial charge is 0.249 e. The zero-order valence-corrected chi connectivity index (χ0v) is 19.1. The molecule has 10 heteroatoms. The summed E-state index contributed by atoms with van der Waals surface area (Å²) in [5, 5.41) is 7.18. The van der Waals surface area contributed by atoms with E-state index in [4.69, 9.17) is 4.74 Å². The first-order chi connectivity index (χ1) is 15.3. The molecule has 1 aromatic carbocycles. The molecule has 0 unspecified atom stereocenters. The van der Waals surface area contributed by atoms with E-state index in [9.17, 15) is 18.0 Å². The molecular formula is C22H28N4O5S. The van der Waals surface area contributed by atoms with Crippen LogP contribution in [0.4, 0.5) is 5.82 Å². The standard InChI is InChI=1S/C22H28N4O5S/c1-3-16-21(22-23-19(27)11-12-20(28)26(22)24-16)14-9-10-17(31-2)18(13-14)32(29,30)25-15-7-5-4-6-8-15/h9-10,13,15,25H,3-8,11-12H2,1-2H3,(H,23,27). The summed E-state index contributed by atoms with van der Waals surface area (Å²) in [6.07, 6.45) is 5.40. The Morgan fingerprint density at radius 2 is 1.94 bits per heavy atom. The van der Waals surface area contributed by atoms with Crippen molar-refractivity contribution in [1.29, 1.82) is 0 Å². The van der Waals surface area contributed by atoms with E-state index in [1.807, 2.05) is 6.92 Å². The molecule has 1 aliphatic carbocycles. The number of carbonyl (C=O) groups excluding carboxylic acids is 2. The molecule has 2 N–H and O–H groups in total. The topological polar surface area (TPSA) is 119 Å². The van der Waals surface area contributed by atoms with E-state index in [0.29, 0.717) is 23.2 Å². The number of carbonyl (C=O) groups is 2. The Kier molecular flexibility index (Phi) is 6.34. The van der Waals surface area contributed by atoms with Crippen LogP contribution in [-0.4, -0.2) is 43.2 Å². The van der Waals surface area contributed by atoms with E-state index in [-0.39, 0.29) is 47.2 Å². The van der Waals surface area contributed by atoms with Crippen molar-refractivity contribution in [2.75, 3.05) is 12.4 Å². The predicted molar refractivity (Wildman–Crippen MR) is 119 cm³/mol. The van der Waals surface area contributed by atoms with Gasteiger partial charge in [-0.2, -0.15) is 9.78 Å². The second kappa shape index (κ2) is 9.03. The van der Waals surface area contributed by atoms with E-state index in [1.54, 1.807) is 12.1 Å². The van der Waals surface area contributed by atoms with Crippen molar-refractivity contribution in [3.05, 3.63) is 23.9 Å². The van der Waals surface area contributed by atoms with Gasteiger partial charge < -0.3 is 10.1 Å². The van der Waals surface area contributed by atoms with Crippen LogP contribution in [0.5, 0.6) is 5.75 Å². The predicted octanol–water partition coefficient (Wildman–Crippen LogP) is 3.10. The minimum Gasteiger partial charge on any atom is -0.495 e. The van der Waals surface area contributed by atoms with Crippen molar-refractivity contribution >= 4 is 27.7 Å². The number of ether oxygens (including phenoxy) is 1. The maximum absolute atomic E-state index is 13.3. The number of sulfonamides is 1. The van der Waals surface area contributed by atoms with Crippen LogP contribution < -0.4 is 14.8 Å². The maximum Gasteiger partial charge on any atom is 0.249 e. The number of methoxy groups -OCH3 is 1. The number of anilines is 1. The fourth-order valence-corrected chi connectivity index (χ4v) is 5.88. The molecule has 0 saturated heterocycles. The Morgan fingerprint density at radius 3 is 2.62 bits per heavy atom. The molecule has 0 bridgehead atoms. The number of aryl methyl sites for hydroxylation is 1. The zero-order chi connectivity index (χ0) is 22.9. The largest absolute Gasteiger partial charge is 0.495 e. The highest BCUT2D eigenvalue weighted by molar-refractivity contribution is 7.89. The molecule has 2 heterocycles. The third kappa shape index (κ3) is 4.29. The number of nitrogens with one attached hydrogen (secondary N) is 2. The summed E-state index contributed by atoms with van der Waals surface area (Å²) in [6.45, 7) is 1.89. The number of aromatic nitrogens is 2. The van der Waals surface area contributed by atoms with Crippen molar-refractivity contribution in [2.24, 2.45) is 0 Å². The Bertz CT molecular complexity index is 1150. The molecule has 1 saturated carbocycles. The summed E-state index contributed by atoms with van der Waals surface area (Å²) in [5.74, 6) is -0.0440. The summed E-state index contributed by atoms with van der Waals surface area (Å²) < 4.78 is 35.9. The van der Waals surface area contributed by atoms with Crippen LogP contribution >= 0.6 is 0 Å². The third-order valence-electron chi connectivity index (χ3n) is 6.02. The van der Waals surface area contributed by atoms with E-state index < -0.39 is 10.0 Å². The third-order valence-corrected chi connectivity index (χ3v) is 7.56. The second-order valence-corrected chi connectivity index (χ2v) is 9.88. The quantitative estimate of drug-likeness (QED) is 0.684. The summed E-state index contributed by atoms with van der Waals surface area (Å²) in [5.41, 5.74) is 1.69. The molecule has 1 amide bonds. The number of hydrogen-bond acceptors (Lipinski definition) is 6. The van der Waals surface area contributed by atoms with Crippen molar-refractivity contribution < 1.29 is 22.7 Å². The van der Waals surface area contributed by atoms with Crippen molar-refractivity contribution in [3.63, 3.8) is 0 Å². The Morgan fingerprint density at radius 1 is 1.19 bits per heavy atom. The van der Waals surface area contributed by atoms with Gasteiger partial charge >= 0.3 is 0 Å². The van der Waals surface area contributed by atoms with Crippen LogP contribution in [0.2, 0.25) is 0 Å². The number of fused-ring (bicyclic) bond motifs is 1. The van der Waals surface area contributed by atoms with Gasteiger partial charge in [-0.15, -0.1) is 0 Å². The fourth-order valence-electron chi connectivity index (χ4n) is 4.38. The van der Waals surface area contributed by atoms with Crippen LogP contribution in [-0.2, 0) is 21.2 Å². The molecule has 172 valence electrons. The SMILES string of the molecule is CCc1nn2c(c1-c1ccc(OC)c(S(=O)(=O)NC3CCCCC3)c1)NC(=O)CCC2=O. The highest BCUT2D eigenvalue weighted by Crippen LogP contribution is 2.37. The van der Waals surface area contributed by atoms with Gasteiger partial charge in [-0.1, -0.05) is 32.3 Å². The Balaban J connectivity index is 1.81. The molecule has 2 aliphatic rings. The first kappa shape index (κ1) is 22.5. The fraction of sp³-hybridized carbons (Fsp3) is 0.500. The van der Waals surface area contributed by atoms with Crippen LogP contribution in [0.3, 0.4) is 0 Å². The molecule has 0 radical (unpaired) electrons. The summed E-state index contributed by atoms with van der Waals surface area (Å²) in [6, 6.07) is 4.74. The van der Waals surface area contributed by atoms with Crippen molar-refractivity contribution in [3.8, 4) is 16.9 Å². The molecule has 4 rings (SSSR count). The second-order valence-electron chi connectivity index (χ2n) is 8.20. The highest BCUT2D eigenvalue weighted by Gasteiger charge is 2.29. The van der Waals surface area contributed by atoms with Crippen LogP contribution in [0, 0.1) is 0 Å². The van der Waals surface area contributed by atoms with Crippen LogP contribution in [0.1, 0.15) is 62.4 Å². The van der Waals surface area contributed by atoms with Gasteiger partial charge in [-0.3, -0.25) is 9.59 Å². The van der Waals surface area contributed by atoms with Gasteiger partial charge in [0.15, 0.2) is 0 Å². The zero-order valence-electron chi connectivity index (χ0n) is 18.3. The van der Waals surface area contributed by atoms with Crippen LogP contribution in [0.25, 0.3) is 11.1 Å². The number of nitrogens with zero attached hydrogens (tertiary/aromatic N) is 2. The van der Waals surface area contributed by atoms with Gasteiger partial charge in [0.05, 0.1) is 12.8 Å². The number of benzene rings is 1. The minimum atomic E-state index is -3.84. The van der Waals surface area contributed by atoms with E-state index in [2.05, 4.69) is 15.1 Å². The molecule has 0 atom stereocenters. The van der Waals surface area contributed by atoms with Gasteiger partial charge in [0, 0.05) is 24.4 Å². The molecular weight excluding hydrogens is 432 g/mol. The first-order valence-electron chi connectivity index (χ1n) is 11.0. The van der Waals surface area contributed by atoms with Gasteiger partial charge in [0.1, 0.15) is 16.5 Å². The molecule has 1 fully saturated rings. The summed E-state index contributed by atoms with van der Waals surface area (Å²) in [7, 11) is -2.41. The van der Waals surface area contributed by atoms with E-state index in [0.717, 1.165) is 32.1 Å². The number of hydrogen-bond donors (Lipinski definition) is 2. The lowest BCUT2D eigenvalue weighted by atomic mass is 9.96. The first-order valence-corrected chi connectivity index (χ1v) is 12.5. The van der Waals surface area contributed by atoms with E-state index >= 15 is 0 Å². The highest BCUT2D eigenvalue weighted by atomic mass is 32.2. The monoisotopic (exact) mass is 460 g/mol. The van der Waals surface area contributed by atoms with Crippen LogP contribution in [0.15, 0.2) is 23.1 Å². The molecule has 0 spiro atoms. The summed E-state index contributed by atoms with van der Waals surface area (Å²) >= 11 is 0. The average Bonchev–Trinajstić information content (AvgIpc) is 3.08.